The summed E-state index contributed by atoms with van der Waals surface area (Å²) in [6.07, 6.45) is 10.7. The van der Waals surface area contributed by atoms with Crippen LogP contribution in [0.4, 0.5) is 5.82 Å². The van der Waals surface area contributed by atoms with Gasteiger partial charge in [-0.05, 0) is 37.9 Å². The summed E-state index contributed by atoms with van der Waals surface area (Å²) < 4.78 is 2.44. The van der Waals surface area contributed by atoms with Crippen LogP contribution in [0.1, 0.15) is 80.8 Å². The lowest BCUT2D eigenvalue weighted by Crippen LogP contribution is -2.12. The Labute approximate surface area is 125 Å². The molecule has 3 aliphatic rings. The van der Waals surface area contributed by atoms with Crippen LogP contribution in [0.2, 0.25) is 0 Å². The number of aromatic nitrogens is 2. The highest BCUT2D eigenvalue weighted by Crippen LogP contribution is 2.45. The van der Waals surface area contributed by atoms with E-state index in [9.17, 15) is 0 Å². The largest absolute Gasteiger partial charge is 0.384 e. The molecule has 1 aromatic rings. The minimum Gasteiger partial charge on any atom is -0.384 e. The number of rotatable bonds is 3. The Bertz CT molecular complexity index is 480. The molecular weight excluding hydrogens is 266 g/mol. The van der Waals surface area contributed by atoms with Gasteiger partial charge >= 0.3 is 0 Å². The zero-order chi connectivity index (χ0) is 13.5. The molecule has 1 aromatic heterocycles. The third-order valence-corrected chi connectivity index (χ3v) is 6.36. The molecule has 2 heterocycles. The van der Waals surface area contributed by atoms with E-state index in [4.69, 9.17) is 10.7 Å². The van der Waals surface area contributed by atoms with Gasteiger partial charge in [0.05, 0.1) is 5.69 Å². The number of nitrogen functional groups attached to an aromatic ring is 1. The summed E-state index contributed by atoms with van der Waals surface area (Å²) in [4.78, 5) is 5.10. The van der Waals surface area contributed by atoms with E-state index in [1.165, 1.54) is 74.4 Å². The SMILES string of the molecule is Nc1c(C2CCSC2)nc(C2CCCCC2)n1C1CC1. The summed E-state index contributed by atoms with van der Waals surface area (Å²) in [7, 11) is 0. The highest BCUT2D eigenvalue weighted by atomic mass is 32.2. The molecule has 1 aliphatic heterocycles. The van der Waals surface area contributed by atoms with Crippen molar-refractivity contribution in [3.05, 3.63) is 11.5 Å². The average molecular weight is 291 g/mol. The Balaban J connectivity index is 1.70. The van der Waals surface area contributed by atoms with Gasteiger partial charge in [0.25, 0.3) is 0 Å². The topological polar surface area (TPSA) is 43.8 Å². The van der Waals surface area contributed by atoms with Crippen LogP contribution >= 0.6 is 11.8 Å². The smallest absolute Gasteiger partial charge is 0.127 e. The summed E-state index contributed by atoms with van der Waals surface area (Å²) in [5.41, 5.74) is 7.76. The van der Waals surface area contributed by atoms with E-state index in [0.29, 0.717) is 17.9 Å². The first kappa shape index (κ1) is 13.1. The van der Waals surface area contributed by atoms with E-state index in [-0.39, 0.29) is 0 Å². The molecule has 2 saturated carbocycles. The fourth-order valence-corrected chi connectivity index (χ4v) is 5.12. The first-order valence-corrected chi connectivity index (χ1v) is 9.45. The maximum atomic E-state index is 6.52. The molecule has 2 N–H and O–H groups in total. The lowest BCUT2D eigenvalue weighted by atomic mass is 9.88. The molecule has 0 aromatic carbocycles. The quantitative estimate of drug-likeness (QED) is 0.913. The number of hydrogen-bond acceptors (Lipinski definition) is 3. The van der Waals surface area contributed by atoms with Gasteiger partial charge in [-0.2, -0.15) is 11.8 Å². The van der Waals surface area contributed by atoms with Crippen LogP contribution in [0.3, 0.4) is 0 Å². The van der Waals surface area contributed by atoms with E-state index < -0.39 is 0 Å². The van der Waals surface area contributed by atoms with Crippen LogP contribution in [0.15, 0.2) is 0 Å². The number of imidazole rings is 1. The van der Waals surface area contributed by atoms with Crippen molar-refractivity contribution in [1.82, 2.24) is 9.55 Å². The lowest BCUT2D eigenvalue weighted by Gasteiger charge is -2.22. The number of thioether (sulfide) groups is 1. The Kier molecular flexibility index (Phi) is 3.45. The monoisotopic (exact) mass is 291 g/mol. The van der Waals surface area contributed by atoms with Crippen molar-refractivity contribution in [1.29, 1.82) is 0 Å². The summed E-state index contributed by atoms with van der Waals surface area (Å²) in [5.74, 6) is 6.14. The summed E-state index contributed by atoms with van der Waals surface area (Å²) in [5, 5.41) is 0. The molecular formula is C16H25N3S. The van der Waals surface area contributed by atoms with E-state index in [2.05, 4.69) is 16.3 Å². The molecule has 1 unspecified atom stereocenters. The number of hydrogen-bond donors (Lipinski definition) is 1. The predicted octanol–water partition coefficient (Wildman–Crippen LogP) is 4.07. The van der Waals surface area contributed by atoms with Crippen LogP contribution in [-0.4, -0.2) is 21.1 Å². The van der Waals surface area contributed by atoms with Crippen molar-refractivity contribution >= 4 is 17.6 Å². The van der Waals surface area contributed by atoms with Crippen LogP contribution in [-0.2, 0) is 0 Å². The highest BCUT2D eigenvalue weighted by Gasteiger charge is 2.35. The number of anilines is 1. The molecule has 20 heavy (non-hydrogen) atoms. The average Bonchev–Trinajstić information content (AvgIpc) is 3.05. The Morgan fingerprint density at radius 2 is 1.80 bits per heavy atom. The molecule has 1 saturated heterocycles. The molecule has 2 aliphatic carbocycles. The molecule has 3 fully saturated rings. The van der Waals surface area contributed by atoms with Gasteiger partial charge in [-0.1, -0.05) is 19.3 Å². The third kappa shape index (κ3) is 2.26. The van der Waals surface area contributed by atoms with Crippen molar-refractivity contribution in [2.75, 3.05) is 17.2 Å². The second-order valence-corrected chi connectivity index (χ2v) is 7.89. The Hall–Kier alpha value is -0.640. The maximum Gasteiger partial charge on any atom is 0.127 e. The maximum absolute atomic E-state index is 6.52. The fraction of sp³-hybridized carbons (Fsp3) is 0.812. The zero-order valence-corrected chi connectivity index (χ0v) is 13.0. The van der Waals surface area contributed by atoms with E-state index in [1.54, 1.807) is 0 Å². The van der Waals surface area contributed by atoms with E-state index in [0.717, 1.165) is 5.82 Å². The summed E-state index contributed by atoms with van der Waals surface area (Å²) in [6, 6.07) is 0.669. The predicted molar refractivity (Wildman–Crippen MR) is 85.4 cm³/mol. The second kappa shape index (κ2) is 5.28. The van der Waals surface area contributed by atoms with Crippen molar-refractivity contribution in [2.45, 2.75) is 69.2 Å². The van der Waals surface area contributed by atoms with E-state index in [1.807, 2.05) is 0 Å². The molecule has 4 heteroatoms. The molecule has 4 rings (SSSR count). The van der Waals surface area contributed by atoms with Crippen LogP contribution in [0, 0.1) is 0 Å². The van der Waals surface area contributed by atoms with Gasteiger partial charge in [-0.25, -0.2) is 4.98 Å². The minimum atomic E-state index is 0.613. The second-order valence-electron chi connectivity index (χ2n) is 6.74. The van der Waals surface area contributed by atoms with Crippen molar-refractivity contribution < 1.29 is 0 Å². The first-order valence-electron chi connectivity index (χ1n) is 8.30. The van der Waals surface area contributed by atoms with Gasteiger partial charge in [0.15, 0.2) is 0 Å². The minimum absolute atomic E-state index is 0.613. The van der Waals surface area contributed by atoms with Gasteiger partial charge in [0, 0.05) is 23.6 Å². The van der Waals surface area contributed by atoms with Gasteiger partial charge in [0.2, 0.25) is 0 Å². The molecule has 3 nitrogen and oxygen atoms in total. The van der Waals surface area contributed by atoms with Crippen LogP contribution in [0.25, 0.3) is 0 Å². The highest BCUT2D eigenvalue weighted by molar-refractivity contribution is 7.99. The Morgan fingerprint density at radius 1 is 1.00 bits per heavy atom. The molecule has 110 valence electrons. The standard InChI is InChI=1S/C16H25N3S/c17-15-14(12-8-9-20-10-12)18-16(19(15)13-6-7-13)11-4-2-1-3-5-11/h11-13H,1-10,17H2. The van der Waals surface area contributed by atoms with Gasteiger partial charge in [-0.15, -0.1) is 0 Å². The van der Waals surface area contributed by atoms with Gasteiger partial charge < -0.3 is 10.3 Å². The lowest BCUT2D eigenvalue weighted by molar-refractivity contribution is 0.416. The third-order valence-electron chi connectivity index (χ3n) is 5.20. The number of nitrogens with two attached hydrogens (primary N) is 1. The normalized spacial score (nSPS) is 28.1. The van der Waals surface area contributed by atoms with Crippen LogP contribution in [0.5, 0.6) is 0 Å². The fourth-order valence-electron chi connectivity index (χ4n) is 3.90. The molecule has 1 atom stereocenters. The van der Waals surface area contributed by atoms with Gasteiger partial charge in [-0.3, -0.25) is 0 Å². The van der Waals surface area contributed by atoms with Crippen molar-refractivity contribution in [3.63, 3.8) is 0 Å². The van der Waals surface area contributed by atoms with Crippen molar-refractivity contribution in [3.8, 4) is 0 Å². The molecule has 0 bridgehead atoms. The van der Waals surface area contributed by atoms with Crippen molar-refractivity contribution in [2.24, 2.45) is 0 Å². The van der Waals surface area contributed by atoms with E-state index >= 15 is 0 Å². The van der Waals surface area contributed by atoms with Crippen LogP contribution < -0.4 is 5.73 Å². The Morgan fingerprint density at radius 3 is 2.45 bits per heavy atom. The molecule has 0 amide bonds. The first-order chi connectivity index (χ1) is 9.84. The molecule has 0 spiro atoms. The number of nitrogens with zero attached hydrogens (tertiary/aromatic N) is 2. The summed E-state index contributed by atoms with van der Waals surface area (Å²) in [6.45, 7) is 0. The zero-order valence-electron chi connectivity index (χ0n) is 12.2. The summed E-state index contributed by atoms with van der Waals surface area (Å²) >= 11 is 2.06. The van der Waals surface area contributed by atoms with Gasteiger partial charge in [0.1, 0.15) is 11.6 Å². The molecule has 0 radical (unpaired) electrons.